The number of amides is 1. The van der Waals surface area contributed by atoms with Gasteiger partial charge in [0.05, 0.1) is 17.8 Å². The summed E-state index contributed by atoms with van der Waals surface area (Å²) in [4.78, 5) is 12.0. The van der Waals surface area contributed by atoms with Gasteiger partial charge in [-0.1, -0.05) is 0 Å². The van der Waals surface area contributed by atoms with E-state index in [1.54, 1.807) is 18.3 Å². The van der Waals surface area contributed by atoms with Crippen molar-refractivity contribution in [3.63, 3.8) is 0 Å². The monoisotopic (exact) mass is 287 g/mol. The molecule has 1 amide bonds. The molecule has 0 spiro atoms. The van der Waals surface area contributed by atoms with E-state index in [4.69, 9.17) is 0 Å². The van der Waals surface area contributed by atoms with E-state index in [1.165, 1.54) is 11.3 Å². The first kappa shape index (κ1) is 12.8. The Bertz CT molecular complexity index is 721. The summed E-state index contributed by atoms with van der Waals surface area (Å²) in [6, 6.07) is 7.16. The number of aliphatic hydroxyl groups excluding tert-OH is 1. The fraction of sp³-hybridized carbons (Fsp3) is 0.143. The number of nitrogens with one attached hydrogen (secondary N) is 2. The number of carbonyl (C=O) groups is 1. The van der Waals surface area contributed by atoms with Crippen LogP contribution in [0.5, 0.6) is 0 Å². The number of hydrogen-bond acceptors (Lipinski definition) is 4. The Morgan fingerprint density at radius 1 is 1.45 bits per heavy atom. The molecule has 0 saturated carbocycles. The Balaban J connectivity index is 1.66. The molecule has 3 N–H and O–H groups in total. The lowest BCUT2D eigenvalue weighted by atomic mass is 10.1. The van der Waals surface area contributed by atoms with Gasteiger partial charge >= 0.3 is 0 Å². The van der Waals surface area contributed by atoms with Gasteiger partial charge in [0.1, 0.15) is 0 Å². The Morgan fingerprint density at radius 2 is 2.35 bits per heavy atom. The average Bonchev–Trinajstić information content (AvgIpc) is 3.13. The highest BCUT2D eigenvalue weighted by atomic mass is 32.1. The molecule has 0 fully saturated rings. The van der Waals surface area contributed by atoms with Gasteiger partial charge < -0.3 is 10.4 Å². The van der Waals surface area contributed by atoms with Crippen molar-refractivity contribution in [2.45, 2.75) is 6.10 Å². The standard InChI is InChI=1S/C14H13N3O2S/c18-13(10-3-4-20-8-10)7-15-14(19)9-1-2-12-11(5-9)6-16-17-12/h1-6,8,13,18H,7H2,(H,15,19)(H,16,17). The van der Waals surface area contributed by atoms with E-state index in [0.717, 1.165) is 16.5 Å². The van der Waals surface area contributed by atoms with E-state index in [9.17, 15) is 9.90 Å². The molecule has 20 heavy (non-hydrogen) atoms. The smallest absolute Gasteiger partial charge is 0.251 e. The predicted octanol–water partition coefficient (Wildman–Crippen LogP) is 2.09. The molecule has 2 aromatic heterocycles. The van der Waals surface area contributed by atoms with Crippen molar-refractivity contribution < 1.29 is 9.90 Å². The van der Waals surface area contributed by atoms with Gasteiger partial charge in [0.25, 0.3) is 5.91 Å². The van der Waals surface area contributed by atoms with Gasteiger partial charge in [-0.05, 0) is 40.6 Å². The molecule has 0 bridgehead atoms. The van der Waals surface area contributed by atoms with E-state index in [0.29, 0.717) is 5.56 Å². The Kier molecular flexibility index (Phi) is 3.49. The molecule has 0 radical (unpaired) electrons. The number of hydrogen-bond donors (Lipinski definition) is 3. The molecule has 102 valence electrons. The second-order valence-corrected chi connectivity index (χ2v) is 5.23. The highest BCUT2D eigenvalue weighted by Crippen LogP contribution is 2.16. The highest BCUT2D eigenvalue weighted by Gasteiger charge is 2.11. The van der Waals surface area contributed by atoms with Crippen LogP contribution < -0.4 is 5.32 Å². The molecule has 1 unspecified atom stereocenters. The average molecular weight is 287 g/mol. The maximum absolute atomic E-state index is 12.0. The fourth-order valence-corrected chi connectivity index (χ4v) is 2.66. The van der Waals surface area contributed by atoms with Gasteiger partial charge in [-0.25, -0.2) is 0 Å². The third kappa shape index (κ3) is 2.56. The lowest BCUT2D eigenvalue weighted by Crippen LogP contribution is -2.28. The number of benzene rings is 1. The number of carbonyl (C=O) groups excluding carboxylic acids is 1. The molecule has 0 aliphatic heterocycles. The lowest BCUT2D eigenvalue weighted by Gasteiger charge is -2.10. The van der Waals surface area contributed by atoms with Gasteiger partial charge in [0.2, 0.25) is 0 Å². The van der Waals surface area contributed by atoms with Crippen molar-refractivity contribution in [2.24, 2.45) is 0 Å². The molecular weight excluding hydrogens is 274 g/mol. The van der Waals surface area contributed by atoms with Crippen LogP contribution in [0.4, 0.5) is 0 Å². The zero-order chi connectivity index (χ0) is 13.9. The van der Waals surface area contributed by atoms with E-state index in [1.807, 2.05) is 22.9 Å². The summed E-state index contributed by atoms with van der Waals surface area (Å²) in [5.74, 6) is -0.206. The number of H-pyrrole nitrogens is 1. The van der Waals surface area contributed by atoms with E-state index in [-0.39, 0.29) is 12.5 Å². The molecule has 3 rings (SSSR count). The second-order valence-electron chi connectivity index (χ2n) is 4.45. The highest BCUT2D eigenvalue weighted by molar-refractivity contribution is 7.07. The molecule has 5 nitrogen and oxygen atoms in total. The topological polar surface area (TPSA) is 78.0 Å². The Labute approximate surface area is 119 Å². The van der Waals surface area contributed by atoms with Crippen LogP contribution in [-0.4, -0.2) is 27.8 Å². The van der Waals surface area contributed by atoms with Crippen LogP contribution >= 0.6 is 11.3 Å². The normalized spacial score (nSPS) is 12.4. The van der Waals surface area contributed by atoms with E-state index in [2.05, 4.69) is 15.5 Å². The van der Waals surface area contributed by atoms with Crippen LogP contribution in [0, 0.1) is 0 Å². The summed E-state index contributed by atoms with van der Waals surface area (Å²) < 4.78 is 0. The van der Waals surface area contributed by atoms with Crippen molar-refractivity contribution in [3.8, 4) is 0 Å². The van der Waals surface area contributed by atoms with Gasteiger partial charge in [-0.15, -0.1) is 0 Å². The maximum Gasteiger partial charge on any atom is 0.251 e. The minimum absolute atomic E-state index is 0.193. The summed E-state index contributed by atoms with van der Waals surface area (Å²) in [5.41, 5.74) is 2.26. The fourth-order valence-electron chi connectivity index (χ4n) is 1.96. The molecule has 0 saturated heterocycles. The minimum atomic E-state index is -0.678. The third-order valence-corrected chi connectivity index (χ3v) is 3.79. The summed E-state index contributed by atoms with van der Waals surface area (Å²) >= 11 is 1.52. The van der Waals surface area contributed by atoms with E-state index < -0.39 is 6.10 Å². The SMILES string of the molecule is O=C(NCC(O)c1ccsc1)c1ccc2[nH]ncc2c1. The zero-order valence-corrected chi connectivity index (χ0v) is 11.4. The molecule has 6 heteroatoms. The quantitative estimate of drug-likeness (QED) is 0.687. The molecular formula is C14H13N3O2S. The second kappa shape index (κ2) is 5.44. The van der Waals surface area contributed by atoms with Crippen LogP contribution in [0.3, 0.4) is 0 Å². The lowest BCUT2D eigenvalue weighted by molar-refractivity contribution is 0.0916. The molecule has 1 aromatic carbocycles. The first-order chi connectivity index (χ1) is 9.74. The minimum Gasteiger partial charge on any atom is -0.387 e. The van der Waals surface area contributed by atoms with Crippen molar-refractivity contribution >= 4 is 28.1 Å². The van der Waals surface area contributed by atoms with Crippen LogP contribution in [0.2, 0.25) is 0 Å². The Morgan fingerprint density at radius 3 is 3.15 bits per heavy atom. The summed E-state index contributed by atoms with van der Waals surface area (Å²) in [7, 11) is 0. The molecule has 3 aromatic rings. The van der Waals surface area contributed by atoms with Gasteiger partial charge in [-0.2, -0.15) is 16.4 Å². The van der Waals surface area contributed by atoms with Crippen molar-refractivity contribution in [2.75, 3.05) is 6.54 Å². The molecule has 0 aliphatic rings. The first-order valence-electron chi connectivity index (χ1n) is 6.15. The van der Waals surface area contributed by atoms with Crippen molar-refractivity contribution in [1.82, 2.24) is 15.5 Å². The van der Waals surface area contributed by atoms with Crippen molar-refractivity contribution in [3.05, 3.63) is 52.3 Å². The number of aromatic nitrogens is 2. The molecule has 1 atom stereocenters. The number of aromatic amines is 1. The van der Waals surface area contributed by atoms with Gasteiger partial charge in [-0.3, -0.25) is 9.89 Å². The molecule has 0 aliphatic carbocycles. The number of fused-ring (bicyclic) bond motifs is 1. The number of thiophene rings is 1. The first-order valence-corrected chi connectivity index (χ1v) is 7.10. The third-order valence-electron chi connectivity index (χ3n) is 3.09. The maximum atomic E-state index is 12.0. The van der Waals surface area contributed by atoms with Crippen molar-refractivity contribution in [1.29, 1.82) is 0 Å². The molecule has 2 heterocycles. The number of rotatable bonds is 4. The van der Waals surface area contributed by atoms with Crippen LogP contribution in [0.25, 0.3) is 10.9 Å². The Hall–Kier alpha value is -2.18. The zero-order valence-electron chi connectivity index (χ0n) is 10.5. The number of nitrogens with zero attached hydrogens (tertiary/aromatic N) is 1. The summed E-state index contributed by atoms with van der Waals surface area (Å²) in [6.07, 6.45) is 0.995. The summed E-state index contributed by atoms with van der Waals surface area (Å²) in [6.45, 7) is 0.193. The predicted molar refractivity (Wildman–Crippen MR) is 77.7 cm³/mol. The van der Waals surface area contributed by atoms with Crippen LogP contribution in [-0.2, 0) is 0 Å². The summed E-state index contributed by atoms with van der Waals surface area (Å²) in [5, 5.41) is 24.0. The largest absolute Gasteiger partial charge is 0.387 e. The van der Waals surface area contributed by atoms with Gasteiger partial charge in [0, 0.05) is 17.5 Å². The van der Waals surface area contributed by atoms with Crippen LogP contribution in [0.15, 0.2) is 41.2 Å². The van der Waals surface area contributed by atoms with E-state index >= 15 is 0 Å². The number of aliphatic hydroxyl groups is 1. The van der Waals surface area contributed by atoms with Gasteiger partial charge in [0.15, 0.2) is 0 Å². The van der Waals surface area contributed by atoms with Crippen LogP contribution in [0.1, 0.15) is 22.0 Å².